The summed E-state index contributed by atoms with van der Waals surface area (Å²) >= 11 is 0. The third-order valence-corrected chi connectivity index (χ3v) is 7.68. The van der Waals surface area contributed by atoms with Gasteiger partial charge in [0.05, 0.1) is 5.69 Å². The minimum absolute atomic E-state index is 0.166. The number of hydrogen-bond donors (Lipinski definition) is 2. The van der Waals surface area contributed by atoms with E-state index >= 15 is 0 Å². The molecule has 0 bridgehead atoms. The van der Waals surface area contributed by atoms with Crippen LogP contribution in [0.1, 0.15) is 88.1 Å². The molecule has 178 valence electrons. The van der Waals surface area contributed by atoms with Gasteiger partial charge < -0.3 is 15.1 Å². The Morgan fingerprint density at radius 3 is 2.70 bits per heavy atom. The van der Waals surface area contributed by atoms with Crippen LogP contribution in [0, 0.1) is 0 Å². The van der Waals surface area contributed by atoms with E-state index in [9.17, 15) is 4.79 Å². The van der Waals surface area contributed by atoms with E-state index in [4.69, 9.17) is 9.97 Å². The van der Waals surface area contributed by atoms with E-state index in [1.165, 1.54) is 43.4 Å². The topological polar surface area (TPSA) is 90.0 Å². The van der Waals surface area contributed by atoms with Gasteiger partial charge >= 0.3 is 0 Å². The van der Waals surface area contributed by atoms with Crippen LogP contribution in [0.4, 0.5) is 17.6 Å². The zero-order valence-electron chi connectivity index (χ0n) is 20.1. The van der Waals surface area contributed by atoms with Gasteiger partial charge in [0.25, 0.3) is 0 Å². The molecule has 8 heteroatoms. The van der Waals surface area contributed by atoms with E-state index in [1.54, 1.807) is 0 Å². The number of likely N-dealkylation sites (N-methyl/N-ethyl adjacent to an activating group) is 1. The molecule has 1 saturated carbocycles. The van der Waals surface area contributed by atoms with E-state index in [2.05, 4.69) is 26.5 Å². The van der Waals surface area contributed by atoms with Crippen LogP contribution >= 0.6 is 0 Å². The fraction of sp³-hybridized carbons (Fsp3) is 0.680. The molecule has 33 heavy (non-hydrogen) atoms. The number of aromatic nitrogens is 4. The number of amides is 1. The first kappa shape index (κ1) is 22.2. The Morgan fingerprint density at radius 2 is 1.91 bits per heavy atom. The van der Waals surface area contributed by atoms with Gasteiger partial charge in [-0.2, -0.15) is 10.1 Å². The van der Waals surface area contributed by atoms with Crippen LogP contribution in [-0.4, -0.2) is 56.6 Å². The number of H-pyrrole nitrogens is 1. The number of aryl methyl sites for hydroxylation is 1. The molecule has 0 spiro atoms. The molecular weight excluding hydrogens is 414 g/mol. The quantitative estimate of drug-likeness (QED) is 0.652. The number of nitrogens with zero attached hydrogens (tertiary/aromatic N) is 5. The van der Waals surface area contributed by atoms with Crippen molar-refractivity contribution in [2.45, 2.75) is 90.0 Å². The molecule has 1 atom stereocenters. The summed E-state index contributed by atoms with van der Waals surface area (Å²) in [5.74, 6) is 3.15. The van der Waals surface area contributed by atoms with E-state index in [0.717, 1.165) is 69.1 Å². The summed E-state index contributed by atoms with van der Waals surface area (Å²) < 4.78 is 0. The number of anilines is 3. The van der Waals surface area contributed by atoms with E-state index in [1.807, 2.05) is 18.7 Å². The van der Waals surface area contributed by atoms with Crippen LogP contribution in [0.2, 0.25) is 0 Å². The first-order chi connectivity index (χ1) is 16.2. The molecule has 8 nitrogen and oxygen atoms in total. The number of nitrogens with one attached hydrogen (secondary N) is 2. The molecule has 2 fully saturated rings. The largest absolute Gasteiger partial charge is 0.341 e. The van der Waals surface area contributed by atoms with E-state index < -0.39 is 0 Å². The van der Waals surface area contributed by atoms with E-state index in [-0.39, 0.29) is 11.9 Å². The number of fused-ring (bicyclic) bond motifs is 1. The third-order valence-electron chi connectivity index (χ3n) is 7.68. The van der Waals surface area contributed by atoms with Crippen LogP contribution in [0.5, 0.6) is 0 Å². The number of carbonyl (C=O) groups is 1. The van der Waals surface area contributed by atoms with Crippen molar-refractivity contribution in [2.75, 3.05) is 29.9 Å². The Hall–Kier alpha value is -2.64. The highest BCUT2D eigenvalue weighted by molar-refractivity contribution is 5.85. The standard InChI is InChI=1S/C25H37N7O/c1-3-31(4-2)24(33)21-14-9-15-32(21)25-26-19-13-8-12-18(19)23(28-25)27-22-16-20(29-30-22)17-10-6-5-7-11-17/h16-17,21H,3-15H2,1-2H3,(H2,26,27,28,29,30)/t21-/m0/s1. The van der Waals surface area contributed by atoms with Gasteiger partial charge in [0.1, 0.15) is 11.9 Å². The molecule has 2 aliphatic carbocycles. The van der Waals surface area contributed by atoms with Crippen LogP contribution in [0.25, 0.3) is 0 Å². The Kier molecular flexibility index (Phi) is 6.51. The monoisotopic (exact) mass is 451 g/mol. The molecule has 0 radical (unpaired) electrons. The second kappa shape index (κ2) is 9.69. The summed E-state index contributed by atoms with van der Waals surface area (Å²) in [6.07, 6.45) is 11.3. The highest BCUT2D eigenvalue weighted by atomic mass is 16.2. The molecule has 2 N–H and O–H groups in total. The first-order valence-electron chi connectivity index (χ1n) is 13.0. The lowest BCUT2D eigenvalue weighted by molar-refractivity contribution is -0.132. The molecule has 1 saturated heterocycles. The minimum atomic E-state index is -0.166. The summed E-state index contributed by atoms with van der Waals surface area (Å²) in [4.78, 5) is 27.1. The lowest BCUT2D eigenvalue weighted by Gasteiger charge is -2.29. The number of carbonyl (C=O) groups excluding carboxylic acids is 1. The van der Waals surface area contributed by atoms with Crippen molar-refractivity contribution in [3.8, 4) is 0 Å². The van der Waals surface area contributed by atoms with Gasteiger partial charge in [-0.3, -0.25) is 9.89 Å². The Bertz CT molecular complexity index is 977. The Balaban J connectivity index is 1.40. The van der Waals surface area contributed by atoms with Crippen LogP contribution in [0.15, 0.2) is 6.07 Å². The third kappa shape index (κ3) is 4.44. The summed E-state index contributed by atoms with van der Waals surface area (Å²) in [7, 11) is 0. The predicted molar refractivity (Wildman–Crippen MR) is 130 cm³/mol. The van der Waals surface area contributed by atoms with Gasteiger partial charge in [0.2, 0.25) is 11.9 Å². The van der Waals surface area contributed by atoms with Gasteiger partial charge in [-0.05, 0) is 58.8 Å². The molecule has 3 aliphatic rings. The van der Waals surface area contributed by atoms with Crippen molar-refractivity contribution in [3.05, 3.63) is 23.0 Å². The Morgan fingerprint density at radius 1 is 1.09 bits per heavy atom. The molecule has 0 aromatic carbocycles. The van der Waals surface area contributed by atoms with Crippen molar-refractivity contribution >= 4 is 23.5 Å². The van der Waals surface area contributed by atoms with Gasteiger partial charge in [0.15, 0.2) is 5.82 Å². The summed E-state index contributed by atoms with van der Waals surface area (Å²) in [6.45, 7) is 6.38. The molecule has 0 unspecified atom stereocenters. The zero-order valence-corrected chi connectivity index (χ0v) is 20.1. The van der Waals surface area contributed by atoms with Crippen molar-refractivity contribution < 1.29 is 4.79 Å². The van der Waals surface area contributed by atoms with E-state index in [0.29, 0.717) is 11.9 Å². The summed E-state index contributed by atoms with van der Waals surface area (Å²) in [6, 6.07) is 1.99. The molecule has 1 aliphatic heterocycles. The molecule has 5 rings (SSSR count). The smallest absolute Gasteiger partial charge is 0.245 e. The maximum atomic E-state index is 13.2. The van der Waals surface area contributed by atoms with Crippen LogP contribution < -0.4 is 10.2 Å². The average Bonchev–Trinajstić information content (AvgIpc) is 3.60. The predicted octanol–water partition coefficient (Wildman–Crippen LogP) is 4.32. The maximum absolute atomic E-state index is 13.2. The van der Waals surface area contributed by atoms with Crippen molar-refractivity contribution in [3.63, 3.8) is 0 Å². The van der Waals surface area contributed by atoms with Gasteiger partial charge in [-0.1, -0.05) is 19.3 Å². The number of hydrogen-bond acceptors (Lipinski definition) is 6. The van der Waals surface area contributed by atoms with Gasteiger partial charge in [-0.15, -0.1) is 0 Å². The average molecular weight is 452 g/mol. The zero-order chi connectivity index (χ0) is 22.8. The fourth-order valence-corrected chi connectivity index (χ4v) is 5.80. The molecule has 2 aromatic heterocycles. The second-order valence-corrected chi connectivity index (χ2v) is 9.68. The van der Waals surface area contributed by atoms with Crippen LogP contribution in [0.3, 0.4) is 0 Å². The molecular formula is C25H37N7O. The van der Waals surface area contributed by atoms with Gasteiger partial charge in [-0.25, -0.2) is 4.98 Å². The Labute approximate surface area is 196 Å². The molecule has 3 heterocycles. The summed E-state index contributed by atoms with van der Waals surface area (Å²) in [5.41, 5.74) is 3.55. The number of aromatic amines is 1. The molecule has 1 amide bonds. The summed E-state index contributed by atoms with van der Waals surface area (Å²) in [5, 5.41) is 11.3. The second-order valence-electron chi connectivity index (χ2n) is 9.68. The van der Waals surface area contributed by atoms with Crippen molar-refractivity contribution in [2.24, 2.45) is 0 Å². The first-order valence-corrected chi connectivity index (χ1v) is 13.0. The lowest BCUT2D eigenvalue weighted by atomic mass is 9.87. The number of rotatable bonds is 7. The molecule has 2 aromatic rings. The van der Waals surface area contributed by atoms with Crippen molar-refractivity contribution in [1.29, 1.82) is 0 Å². The van der Waals surface area contributed by atoms with Gasteiger partial charge in [0, 0.05) is 42.9 Å². The van der Waals surface area contributed by atoms with Crippen molar-refractivity contribution in [1.82, 2.24) is 25.1 Å². The highest BCUT2D eigenvalue weighted by Crippen LogP contribution is 2.35. The fourth-order valence-electron chi connectivity index (χ4n) is 5.80. The normalized spacial score (nSPS) is 20.8. The minimum Gasteiger partial charge on any atom is -0.341 e. The SMILES string of the molecule is CCN(CC)C(=O)[C@@H]1CCCN1c1nc2c(c(Nc3cc(C4CCCCC4)[nH]n3)n1)CCC2. The van der Waals surface area contributed by atoms with Crippen LogP contribution in [-0.2, 0) is 17.6 Å². The lowest BCUT2D eigenvalue weighted by Crippen LogP contribution is -2.46. The maximum Gasteiger partial charge on any atom is 0.245 e. The highest BCUT2D eigenvalue weighted by Gasteiger charge is 2.35.